The molecule has 0 aliphatic heterocycles. The lowest BCUT2D eigenvalue weighted by Crippen LogP contribution is -2.02. The predicted molar refractivity (Wildman–Crippen MR) is 59.5 cm³/mol. The van der Waals surface area contributed by atoms with Crippen LogP contribution in [0.3, 0.4) is 0 Å². The zero-order valence-electron chi connectivity index (χ0n) is 8.68. The second-order valence-electron chi connectivity index (χ2n) is 4.18. The third kappa shape index (κ3) is 2.21. The molecule has 2 atom stereocenters. The zero-order valence-corrected chi connectivity index (χ0v) is 9.50. The van der Waals surface area contributed by atoms with Crippen LogP contribution in [0.4, 0.5) is 0 Å². The van der Waals surface area contributed by atoms with Crippen LogP contribution in [-0.4, -0.2) is 21.2 Å². The molecular weight excluding hydrogens is 210 g/mol. The second kappa shape index (κ2) is 3.61. The maximum Gasteiger partial charge on any atom is 0.175 e. The van der Waals surface area contributed by atoms with E-state index < -0.39 is 9.84 Å². The van der Waals surface area contributed by atoms with E-state index >= 15 is 0 Å². The van der Waals surface area contributed by atoms with Gasteiger partial charge < -0.3 is 5.73 Å². The summed E-state index contributed by atoms with van der Waals surface area (Å²) in [6.45, 7) is 0.688. The highest BCUT2D eigenvalue weighted by molar-refractivity contribution is 7.90. The van der Waals surface area contributed by atoms with Crippen LogP contribution < -0.4 is 5.73 Å². The molecule has 1 saturated carbocycles. The summed E-state index contributed by atoms with van der Waals surface area (Å²) in [6, 6.07) is 7.20. The van der Waals surface area contributed by atoms with Gasteiger partial charge in [-0.2, -0.15) is 0 Å². The molecule has 82 valence electrons. The van der Waals surface area contributed by atoms with Gasteiger partial charge >= 0.3 is 0 Å². The minimum atomic E-state index is -3.09. The van der Waals surface area contributed by atoms with Gasteiger partial charge in [0.05, 0.1) is 4.90 Å². The molecule has 1 fully saturated rings. The molecule has 0 bridgehead atoms. The standard InChI is InChI=1S/C11H15NO2S/c1-15(13,14)10-4-2-3-8(5-10)11-6-9(11)7-12/h2-5,9,11H,6-7,12H2,1H3. The van der Waals surface area contributed by atoms with E-state index in [2.05, 4.69) is 0 Å². The molecule has 0 aromatic heterocycles. The monoisotopic (exact) mass is 225 g/mol. The second-order valence-corrected chi connectivity index (χ2v) is 6.20. The van der Waals surface area contributed by atoms with Crippen LogP contribution in [-0.2, 0) is 9.84 Å². The van der Waals surface area contributed by atoms with Gasteiger partial charge in [0, 0.05) is 6.26 Å². The molecule has 2 unspecified atom stereocenters. The molecule has 0 radical (unpaired) electrons. The summed E-state index contributed by atoms with van der Waals surface area (Å²) in [4.78, 5) is 0.405. The molecule has 15 heavy (non-hydrogen) atoms. The molecule has 4 heteroatoms. The summed E-state index contributed by atoms with van der Waals surface area (Å²) in [6.07, 6.45) is 2.32. The summed E-state index contributed by atoms with van der Waals surface area (Å²) in [5.41, 5.74) is 6.67. The smallest absolute Gasteiger partial charge is 0.175 e. The van der Waals surface area contributed by atoms with Crippen LogP contribution in [0, 0.1) is 5.92 Å². The average molecular weight is 225 g/mol. The fourth-order valence-electron chi connectivity index (χ4n) is 1.89. The molecule has 1 aromatic carbocycles. The molecular formula is C11H15NO2S. The molecule has 0 saturated heterocycles. The van der Waals surface area contributed by atoms with Gasteiger partial charge in [0.1, 0.15) is 0 Å². The largest absolute Gasteiger partial charge is 0.330 e. The molecule has 0 amide bonds. The van der Waals surface area contributed by atoms with Crippen LogP contribution in [0.5, 0.6) is 0 Å². The Balaban J connectivity index is 2.29. The van der Waals surface area contributed by atoms with E-state index in [4.69, 9.17) is 5.73 Å². The van der Waals surface area contributed by atoms with E-state index in [0.29, 0.717) is 23.3 Å². The summed E-state index contributed by atoms with van der Waals surface area (Å²) < 4.78 is 22.7. The van der Waals surface area contributed by atoms with Gasteiger partial charge in [-0.3, -0.25) is 0 Å². The van der Waals surface area contributed by atoms with Crippen molar-refractivity contribution in [1.82, 2.24) is 0 Å². The number of sulfone groups is 1. The van der Waals surface area contributed by atoms with Crippen molar-refractivity contribution in [2.24, 2.45) is 11.7 Å². The first-order chi connectivity index (χ1) is 7.02. The van der Waals surface area contributed by atoms with Crippen molar-refractivity contribution in [2.45, 2.75) is 17.2 Å². The van der Waals surface area contributed by atoms with Crippen molar-refractivity contribution >= 4 is 9.84 Å². The number of benzene rings is 1. The number of rotatable bonds is 3. The van der Waals surface area contributed by atoms with Gasteiger partial charge in [0.25, 0.3) is 0 Å². The third-order valence-electron chi connectivity index (χ3n) is 2.94. The van der Waals surface area contributed by atoms with Crippen LogP contribution in [0.1, 0.15) is 17.9 Å². The average Bonchev–Trinajstić information content (AvgIpc) is 2.95. The Labute approximate surface area is 90.2 Å². The lowest BCUT2D eigenvalue weighted by molar-refractivity contribution is 0.601. The topological polar surface area (TPSA) is 60.2 Å². The Hall–Kier alpha value is -0.870. The minimum absolute atomic E-state index is 0.405. The predicted octanol–water partition coefficient (Wildman–Crippen LogP) is 1.15. The van der Waals surface area contributed by atoms with E-state index in [9.17, 15) is 8.42 Å². The van der Waals surface area contributed by atoms with Crippen LogP contribution in [0.2, 0.25) is 0 Å². The van der Waals surface area contributed by atoms with E-state index in [-0.39, 0.29) is 0 Å². The lowest BCUT2D eigenvalue weighted by Gasteiger charge is -2.02. The van der Waals surface area contributed by atoms with Gasteiger partial charge in [0.2, 0.25) is 0 Å². The maximum atomic E-state index is 11.4. The first kappa shape index (κ1) is 10.6. The zero-order chi connectivity index (χ0) is 11.1. The fraction of sp³-hybridized carbons (Fsp3) is 0.455. The highest BCUT2D eigenvalue weighted by Crippen LogP contribution is 2.46. The fourth-order valence-corrected chi connectivity index (χ4v) is 2.57. The number of hydrogen-bond donors (Lipinski definition) is 1. The van der Waals surface area contributed by atoms with Gasteiger partial charge in [-0.15, -0.1) is 0 Å². The van der Waals surface area contributed by atoms with Crippen LogP contribution in [0.25, 0.3) is 0 Å². The molecule has 1 aliphatic rings. The van der Waals surface area contributed by atoms with Crippen molar-refractivity contribution in [3.05, 3.63) is 29.8 Å². The van der Waals surface area contributed by atoms with Crippen LogP contribution >= 0.6 is 0 Å². The van der Waals surface area contributed by atoms with Gasteiger partial charge in [-0.1, -0.05) is 12.1 Å². The molecule has 0 heterocycles. The van der Waals surface area contributed by atoms with Gasteiger partial charge in [0.15, 0.2) is 9.84 Å². The van der Waals surface area contributed by atoms with Gasteiger partial charge in [-0.25, -0.2) is 8.42 Å². The van der Waals surface area contributed by atoms with Crippen molar-refractivity contribution in [2.75, 3.05) is 12.8 Å². The summed E-state index contributed by atoms with van der Waals surface area (Å²) in [5.74, 6) is 1.01. The minimum Gasteiger partial charge on any atom is -0.330 e. The number of hydrogen-bond acceptors (Lipinski definition) is 3. The first-order valence-corrected chi connectivity index (χ1v) is 6.91. The molecule has 1 aromatic rings. The first-order valence-electron chi connectivity index (χ1n) is 5.02. The van der Waals surface area contributed by atoms with Gasteiger partial charge in [-0.05, 0) is 42.5 Å². The van der Waals surface area contributed by atoms with Crippen molar-refractivity contribution in [1.29, 1.82) is 0 Å². The Kier molecular flexibility index (Phi) is 2.56. The molecule has 2 rings (SSSR count). The van der Waals surface area contributed by atoms with E-state index in [1.807, 2.05) is 6.07 Å². The Bertz CT molecular complexity index is 467. The molecule has 1 aliphatic carbocycles. The van der Waals surface area contributed by atoms with Crippen molar-refractivity contribution in [3.63, 3.8) is 0 Å². The highest BCUT2D eigenvalue weighted by atomic mass is 32.2. The Morgan fingerprint density at radius 2 is 2.20 bits per heavy atom. The quantitative estimate of drug-likeness (QED) is 0.839. The molecule has 0 spiro atoms. The van der Waals surface area contributed by atoms with E-state index in [1.165, 1.54) is 6.26 Å². The lowest BCUT2D eigenvalue weighted by atomic mass is 10.1. The Morgan fingerprint density at radius 1 is 1.47 bits per heavy atom. The summed E-state index contributed by atoms with van der Waals surface area (Å²) in [7, 11) is -3.09. The normalized spacial score (nSPS) is 25.2. The molecule has 2 N–H and O–H groups in total. The van der Waals surface area contributed by atoms with E-state index in [1.54, 1.807) is 18.2 Å². The SMILES string of the molecule is CS(=O)(=O)c1cccc(C2CC2CN)c1. The maximum absolute atomic E-state index is 11.4. The summed E-state index contributed by atoms with van der Waals surface area (Å²) >= 11 is 0. The van der Waals surface area contributed by atoms with Crippen molar-refractivity contribution in [3.8, 4) is 0 Å². The Morgan fingerprint density at radius 3 is 2.73 bits per heavy atom. The number of nitrogens with two attached hydrogens (primary N) is 1. The summed E-state index contributed by atoms with van der Waals surface area (Å²) in [5, 5.41) is 0. The molecule has 3 nitrogen and oxygen atoms in total. The van der Waals surface area contributed by atoms with E-state index in [0.717, 1.165) is 12.0 Å². The highest BCUT2D eigenvalue weighted by Gasteiger charge is 2.37. The van der Waals surface area contributed by atoms with Crippen molar-refractivity contribution < 1.29 is 8.42 Å². The third-order valence-corrected chi connectivity index (χ3v) is 4.05. The van der Waals surface area contributed by atoms with Crippen LogP contribution in [0.15, 0.2) is 29.2 Å².